The highest BCUT2D eigenvalue weighted by Gasteiger charge is 2.30. The minimum Gasteiger partial charge on any atom is -0.469 e. The van der Waals surface area contributed by atoms with Crippen LogP contribution < -0.4 is 5.32 Å². The molecule has 8 heteroatoms. The molecule has 1 rings (SSSR count). The number of alkyl carbamates (subject to hydrolysis) is 1. The van der Waals surface area contributed by atoms with E-state index in [1.165, 1.54) is 12.0 Å². The van der Waals surface area contributed by atoms with Gasteiger partial charge < -0.3 is 19.7 Å². The molecular formula is C19H27ClN2O5. The van der Waals surface area contributed by atoms with Gasteiger partial charge in [-0.3, -0.25) is 9.59 Å². The van der Waals surface area contributed by atoms with Crippen molar-refractivity contribution in [2.24, 2.45) is 0 Å². The summed E-state index contributed by atoms with van der Waals surface area (Å²) in [5.74, 6) is -0.781. The predicted octanol–water partition coefficient (Wildman–Crippen LogP) is 3.32. The van der Waals surface area contributed by atoms with Gasteiger partial charge in [-0.1, -0.05) is 30.7 Å². The SMILES string of the molecule is CC[C@H](NC(=O)OC(C)C)C(=O)N(C)C(CC(=O)OC)c1ccc(Cl)cc1. The number of nitrogens with zero attached hydrogens (tertiary/aromatic N) is 1. The predicted molar refractivity (Wildman–Crippen MR) is 102 cm³/mol. The number of rotatable bonds is 8. The summed E-state index contributed by atoms with van der Waals surface area (Å²) in [4.78, 5) is 38.1. The Morgan fingerprint density at radius 2 is 1.78 bits per heavy atom. The first-order valence-corrected chi connectivity index (χ1v) is 9.13. The van der Waals surface area contributed by atoms with Crippen LogP contribution in [-0.4, -0.2) is 49.2 Å². The van der Waals surface area contributed by atoms with Gasteiger partial charge >= 0.3 is 12.1 Å². The number of carbonyl (C=O) groups is 3. The zero-order valence-corrected chi connectivity index (χ0v) is 17.1. The number of halogens is 1. The molecule has 7 nitrogen and oxygen atoms in total. The van der Waals surface area contributed by atoms with Crippen molar-refractivity contribution in [1.29, 1.82) is 0 Å². The first-order valence-electron chi connectivity index (χ1n) is 8.75. The van der Waals surface area contributed by atoms with Crippen molar-refractivity contribution in [2.75, 3.05) is 14.2 Å². The zero-order chi connectivity index (χ0) is 20.6. The van der Waals surface area contributed by atoms with Crippen LogP contribution in [-0.2, 0) is 19.1 Å². The molecule has 0 bridgehead atoms. The first kappa shape index (κ1) is 22.8. The average molecular weight is 399 g/mol. The van der Waals surface area contributed by atoms with Crippen LogP contribution in [0.25, 0.3) is 0 Å². The van der Waals surface area contributed by atoms with Crippen LogP contribution in [0.15, 0.2) is 24.3 Å². The van der Waals surface area contributed by atoms with Gasteiger partial charge in [0.25, 0.3) is 0 Å². The van der Waals surface area contributed by atoms with Crippen LogP contribution in [0.4, 0.5) is 4.79 Å². The summed E-state index contributed by atoms with van der Waals surface area (Å²) in [5, 5.41) is 3.12. The highest BCUT2D eigenvalue weighted by molar-refractivity contribution is 6.30. The van der Waals surface area contributed by atoms with Gasteiger partial charge in [-0.2, -0.15) is 0 Å². The molecule has 0 radical (unpaired) electrons. The maximum atomic E-state index is 12.9. The van der Waals surface area contributed by atoms with Gasteiger partial charge in [0.15, 0.2) is 0 Å². The van der Waals surface area contributed by atoms with E-state index in [0.717, 1.165) is 5.56 Å². The molecule has 0 saturated heterocycles. The number of likely N-dealkylation sites (N-methyl/N-ethyl adjacent to an activating group) is 1. The topological polar surface area (TPSA) is 84.9 Å². The Morgan fingerprint density at radius 3 is 2.26 bits per heavy atom. The van der Waals surface area contributed by atoms with Crippen LogP contribution in [0, 0.1) is 0 Å². The summed E-state index contributed by atoms with van der Waals surface area (Å²) in [6, 6.07) is 5.56. The summed E-state index contributed by atoms with van der Waals surface area (Å²) in [6.07, 6.45) is -0.596. The van der Waals surface area contributed by atoms with Crippen molar-refractivity contribution in [3.63, 3.8) is 0 Å². The highest BCUT2D eigenvalue weighted by Crippen LogP contribution is 2.26. The van der Waals surface area contributed by atoms with E-state index in [9.17, 15) is 14.4 Å². The molecule has 2 amide bonds. The van der Waals surface area contributed by atoms with Crippen molar-refractivity contribution in [3.05, 3.63) is 34.9 Å². The van der Waals surface area contributed by atoms with Crippen LogP contribution in [0.5, 0.6) is 0 Å². The second-order valence-electron chi connectivity index (χ2n) is 6.36. The molecule has 0 heterocycles. The quantitative estimate of drug-likeness (QED) is 0.679. The van der Waals surface area contributed by atoms with Crippen molar-refractivity contribution in [3.8, 4) is 0 Å². The Balaban J connectivity index is 3.01. The lowest BCUT2D eigenvalue weighted by Gasteiger charge is -2.31. The fraction of sp³-hybridized carbons (Fsp3) is 0.526. The molecule has 0 aliphatic heterocycles. The van der Waals surface area contributed by atoms with Gasteiger partial charge in [-0.05, 0) is 38.0 Å². The number of ether oxygens (including phenoxy) is 2. The average Bonchev–Trinajstić information content (AvgIpc) is 2.63. The number of hydrogen-bond acceptors (Lipinski definition) is 5. The van der Waals surface area contributed by atoms with E-state index >= 15 is 0 Å². The molecule has 1 aromatic rings. The van der Waals surface area contributed by atoms with Crippen molar-refractivity contribution in [2.45, 2.75) is 51.8 Å². The van der Waals surface area contributed by atoms with Crippen LogP contribution in [0.1, 0.15) is 45.2 Å². The van der Waals surface area contributed by atoms with E-state index in [1.54, 1.807) is 52.1 Å². The van der Waals surface area contributed by atoms with E-state index in [4.69, 9.17) is 21.1 Å². The van der Waals surface area contributed by atoms with Crippen LogP contribution >= 0.6 is 11.6 Å². The fourth-order valence-electron chi connectivity index (χ4n) is 2.53. The van der Waals surface area contributed by atoms with Crippen molar-refractivity contribution in [1.82, 2.24) is 10.2 Å². The monoisotopic (exact) mass is 398 g/mol. The van der Waals surface area contributed by atoms with Gasteiger partial charge in [0.2, 0.25) is 5.91 Å². The van der Waals surface area contributed by atoms with Gasteiger partial charge in [-0.25, -0.2) is 4.79 Å². The van der Waals surface area contributed by atoms with E-state index in [-0.39, 0.29) is 18.4 Å². The maximum Gasteiger partial charge on any atom is 0.408 e. The second kappa shape index (κ2) is 10.8. The summed E-state index contributed by atoms with van der Waals surface area (Å²) >= 11 is 5.93. The van der Waals surface area contributed by atoms with Crippen LogP contribution in [0.3, 0.4) is 0 Å². The molecule has 27 heavy (non-hydrogen) atoms. The molecule has 0 aliphatic rings. The molecule has 1 unspecified atom stereocenters. The smallest absolute Gasteiger partial charge is 0.408 e. The van der Waals surface area contributed by atoms with E-state index in [2.05, 4.69) is 5.32 Å². The van der Waals surface area contributed by atoms with Gasteiger partial charge in [0.1, 0.15) is 6.04 Å². The molecule has 0 aromatic heterocycles. The fourth-order valence-corrected chi connectivity index (χ4v) is 2.66. The van der Waals surface area contributed by atoms with Crippen LogP contribution in [0.2, 0.25) is 5.02 Å². The summed E-state index contributed by atoms with van der Waals surface area (Å²) in [6.45, 7) is 5.23. The Kier molecular flexibility index (Phi) is 9.08. The number of hydrogen-bond donors (Lipinski definition) is 1. The molecule has 0 aliphatic carbocycles. The maximum absolute atomic E-state index is 12.9. The zero-order valence-electron chi connectivity index (χ0n) is 16.3. The molecule has 0 fully saturated rings. The minimum absolute atomic E-state index is 0.0206. The third kappa shape index (κ3) is 7.09. The highest BCUT2D eigenvalue weighted by atomic mass is 35.5. The number of nitrogens with one attached hydrogen (secondary N) is 1. The largest absolute Gasteiger partial charge is 0.469 e. The van der Waals surface area contributed by atoms with Gasteiger partial charge in [-0.15, -0.1) is 0 Å². The van der Waals surface area contributed by atoms with Gasteiger partial charge in [0, 0.05) is 12.1 Å². The standard InChI is InChI=1S/C19H27ClN2O5/c1-6-15(21-19(25)27-12(2)3)18(24)22(4)16(11-17(23)26-5)13-7-9-14(20)10-8-13/h7-10,12,15-16H,6,11H2,1-5H3,(H,21,25)/t15-,16?/m0/s1. The molecule has 1 aromatic carbocycles. The Bertz CT molecular complexity index is 648. The Morgan fingerprint density at radius 1 is 1.19 bits per heavy atom. The lowest BCUT2D eigenvalue weighted by molar-refractivity contribution is -0.144. The summed E-state index contributed by atoms with van der Waals surface area (Å²) in [5.41, 5.74) is 0.736. The lowest BCUT2D eigenvalue weighted by atomic mass is 10.0. The number of esters is 1. The molecule has 2 atom stereocenters. The first-order chi connectivity index (χ1) is 12.7. The van der Waals surface area contributed by atoms with E-state index < -0.39 is 24.1 Å². The molecule has 1 N–H and O–H groups in total. The lowest BCUT2D eigenvalue weighted by Crippen LogP contribution is -2.48. The second-order valence-corrected chi connectivity index (χ2v) is 6.79. The molecule has 150 valence electrons. The third-order valence-electron chi connectivity index (χ3n) is 4.00. The third-order valence-corrected chi connectivity index (χ3v) is 4.25. The Labute approximate surface area is 165 Å². The summed E-state index contributed by atoms with van der Waals surface area (Å²) < 4.78 is 9.80. The van der Waals surface area contributed by atoms with E-state index in [0.29, 0.717) is 11.4 Å². The number of carbonyl (C=O) groups excluding carboxylic acids is 3. The molecular weight excluding hydrogens is 372 g/mol. The molecule has 0 spiro atoms. The van der Waals surface area contributed by atoms with E-state index in [1.807, 2.05) is 0 Å². The molecule has 0 saturated carbocycles. The van der Waals surface area contributed by atoms with Gasteiger partial charge in [0.05, 0.1) is 25.7 Å². The normalized spacial score (nSPS) is 12.9. The Hall–Kier alpha value is -2.28. The minimum atomic E-state index is -0.770. The number of methoxy groups -OCH3 is 1. The van der Waals surface area contributed by atoms with Crippen molar-refractivity contribution >= 4 is 29.6 Å². The van der Waals surface area contributed by atoms with Crippen molar-refractivity contribution < 1.29 is 23.9 Å². The number of benzene rings is 1. The number of amides is 2. The summed E-state index contributed by atoms with van der Waals surface area (Å²) in [7, 11) is 2.88.